The Labute approximate surface area is 114 Å². The van der Waals surface area contributed by atoms with E-state index in [9.17, 15) is 9.59 Å². The number of benzene rings is 1. The zero-order valence-corrected chi connectivity index (χ0v) is 11.1. The number of nitrogen functional groups attached to an aromatic ring is 1. The lowest BCUT2D eigenvalue weighted by Gasteiger charge is -2.10. The number of carbonyl (C=O) groups excluding carboxylic acids is 1. The zero-order valence-electron chi connectivity index (χ0n) is 11.1. The Morgan fingerprint density at radius 3 is 2.75 bits per heavy atom. The third-order valence-corrected chi connectivity index (χ3v) is 2.82. The maximum Gasteiger partial charge on any atom is 0.279 e. The van der Waals surface area contributed by atoms with Crippen molar-refractivity contribution in [3.63, 3.8) is 0 Å². The summed E-state index contributed by atoms with van der Waals surface area (Å²) >= 11 is 0. The summed E-state index contributed by atoms with van der Waals surface area (Å²) in [7, 11) is 3.00. The van der Waals surface area contributed by atoms with Gasteiger partial charge in [-0.1, -0.05) is 12.1 Å². The smallest absolute Gasteiger partial charge is 0.279 e. The topological polar surface area (TPSA) is 99.2 Å². The molecule has 0 saturated heterocycles. The summed E-state index contributed by atoms with van der Waals surface area (Å²) in [6.07, 6.45) is 0. The van der Waals surface area contributed by atoms with Gasteiger partial charge in [0.15, 0.2) is 0 Å². The van der Waals surface area contributed by atoms with Crippen LogP contribution < -0.4 is 21.6 Å². The molecule has 0 aliphatic rings. The van der Waals surface area contributed by atoms with Crippen molar-refractivity contribution in [2.45, 2.75) is 0 Å². The van der Waals surface area contributed by atoms with E-state index in [-0.39, 0.29) is 5.56 Å². The summed E-state index contributed by atoms with van der Waals surface area (Å²) in [6, 6.07) is 8.58. The molecular formula is C13H14N4O3. The van der Waals surface area contributed by atoms with E-state index in [0.29, 0.717) is 17.0 Å². The number of carbonyl (C=O) groups is 1. The number of hydrogen-bond acceptors (Lipinski definition) is 5. The number of amides is 1. The molecular weight excluding hydrogens is 260 g/mol. The van der Waals surface area contributed by atoms with E-state index in [0.717, 1.165) is 4.68 Å². The molecule has 1 amide bonds. The molecule has 0 fully saturated rings. The molecule has 0 bridgehead atoms. The summed E-state index contributed by atoms with van der Waals surface area (Å²) in [5.74, 6) is 5.01. The van der Waals surface area contributed by atoms with Crippen LogP contribution in [0.1, 0.15) is 10.4 Å². The van der Waals surface area contributed by atoms with Crippen molar-refractivity contribution in [2.75, 3.05) is 7.11 Å². The van der Waals surface area contributed by atoms with E-state index in [1.54, 1.807) is 12.1 Å². The number of hydrogen-bond donors (Lipinski definition) is 2. The second kappa shape index (κ2) is 5.54. The molecule has 2 rings (SSSR count). The maximum atomic E-state index is 11.9. The molecule has 0 spiro atoms. The Balaban J connectivity index is 2.67. The van der Waals surface area contributed by atoms with E-state index < -0.39 is 11.5 Å². The van der Waals surface area contributed by atoms with Crippen molar-refractivity contribution in [3.8, 4) is 17.0 Å². The van der Waals surface area contributed by atoms with Crippen LogP contribution in [0.15, 0.2) is 35.1 Å². The minimum absolute atomic E-state index is 0.0779. The van der Waals surface area contributed by atoms with Gasteiger partial charge >= 0.3 is 0 Å². The van der Waals surface area contributed by atoms with Gasteiger partial charge in [0, 0.05) is 12.6 Å². The van der Waals surface area contributed by atoms with Crippen LogP contribution in [0.5, 0.6) is 5.75 Å². The number of ether oxygens (including phenoxy) is 1. The van der Waals surface area contributed by atoms with Crippen molar-refractivity contribution in [1.82, 2.24) is 15.2 Å². The molecule has 0 aliphatic carbocycles. The highest BCUT2D eigenvalue weighted by molar-refractivity contribution is 5.94. The number of nitrogens with two attached hydrogens (primary N) is 1. The van der Waals surface area contributed by atoms with Crippen molar-refractivity contribution in [1.29, 1.82) is 0 Å². The Morgan fingerprint density at radius 1 is 1.40 bits per heavy atom. The predicted octanol–water partition coefficient (Wildman–Crippen LogP) is 0.0594. The van der Waals surface area contributed by atoms with E-state index >= 15 is 0 Å². The molecule has 1 heterocycles. The first-order valence-electron chi connectivity index (χ1n) is 5.81. The monoisotopic (exact) mass is 274 g/mol. The third kappa shape index (κ3) is 2.39. The normalized spacial score (nSPS) is 10.2. The lowest BCUT2D eigenvalue weighted by atomic mass is 10.1. The van der Waals surface area contributed by atoms with Gasteiger partial charge in [0.05, 0.1) is 12.8 Å². The molecule has 0 unspecified atom stereocenters. The minimum Gasteiger partial charge on any atom is -0.496 e. The van der Waals surface area contributed by atoms with Crippen LogP contribution in [0.25, 0.3) is 11.3 Å². The van der Waals surface area contributed by atoms with Crippen LogP contribution in [0.2, 0.25) is 0 Å². The van der Waals surface area contributed by atoms with Gasteiger partial charge in [0.2, 0.25) is 0 Å². The highest BCUT2D eigenvalue weighted by Crippen LogP contribution is 2.27. The molecule has 0 saturated carbocycles. The van der Waals surface area contributed by atoms with Crippen molar-refractivity contribution >= 4 is 5.91 Å². The summed E-state index contributed by atoms with van der Waals surface area (Å²) in [6.45, 7) is 0. The standard InChI is InChI=1S/C13H14N4O3/c1-17-13(19)9(12(18)15-14)7-10(16-17)8-5-3-4-6-11(8)20-2/h3-7H,14H2,1-2H3,(H,15,18). The lowest BCUT2D eigenvalue weighted by Crippen LogP contribution is -2.36. The van der Waals surface area contributed by atoms with Crippen molar-refractivity contribution in [2.24, 2.45) is 12.9 Å². The number of hydrazine groups is 1. The number of aromatic nitrogens is 2. The highest BCUT2D eigenvalue weighted by Gasteiger charge is 2.15. The van der Waals surface area contributed by atoms with Crippen LogP contribution in [0.3, 0.4) is 0 Å². The first kappa shape index (κ1) is 13.8. The van der Waals surface area contributed by atoms with Gasteiger partial charge in [-0.2, -0.15) is 5.10 Å². The summed E-state index contributed by atoms with van der Waals surface area (Å²) in [4.78, 5) is 23.5. The molecule has 1 aromatic heterocycles. The van der Waals surface area contributed by atoms with Gasteiger partial charge in [-0.15, -0.1) is 0 Å². The van der Waals surface area contributed by atoms with Gasteiger partial charge in [-0.25, -0.2) is 10.5 Å². The highest BCUT2D eigenvalue weighted by atomic mass is 16.5. The van der Waals surface area contributed by atoms with E-state index in [1.165, 1.54) is 20.2 Å². The summed E-state index contributed by atoms with van der Waals surface area (Å²) in [5.41, 5.74) is 2.47. The Hall–Kier alpha value is -2.67. The summed E-state index contributed by atoms with van der Waals surface area (Å²) in [5, 5.41) is 4.13. The molecule has 1 aromatic carbocycles. The predicted molar refractivity (Wildman–Crippen MR) is 73.1 cm³/mol. The molecule has 3 N–H and O–H groups in total. The van der Waals surface area contributed by atoms with Crippen LogP contribution in [-0.2, 0) is 7.05 Å². The number of aryl methyl sites for hydroxylation is 1. The number of para-hydroxylation sites is 1. The number of rotatable bonds is 3. The maximum absolute atomic E-state index is 11.9. The lowest BCUT2D eigenvalue weighted by molar-refractivity contribution is 0.0951. The average Bonchev–Trinajstić information content (AvgIpc) is 2.49. The number of nitrogens with zero attached hydrogens (tertiary/aromatic N) is 2. The SMILES string of the molecule is COc1ccccc1-c1cc(C(=O)NN)c(=O)n(C)n1. The van der Waals surface area contributed by atoms with Crippen LogP contribution in [0.4, 0.5) is 0 Å². The Bertz CT molecular complexity index is 709. The van der Waals surface area contributed by atoms with E-state index in [2.05, 4.69) is 5.10 Å². The van der Waals surface area contributed by atoms with Gasteiger partial charge in [-0.3, -0.25) is 15.0 Å². The van der Waals surface area contributed by atoms with Crippen molar-refractivity contribution in [3.05, 3.63) is 46.2 Å². The second-order valence-electron chi connectivity index (χ2n) is 4.05. The zero-order chi connectivity index (χ0) is 14.7. The fraction of sp³-hybridized carbons (Fsp3) is 0.154. The minimum atomic E-state index is -0.663. The van der Waals surface area contributed by atoms with Gasteiger partial charge in [0.1, 0.15) is 11.3 Å². The van der Waals surface area contributed by atoms with E-state index in [4.69, 9.17) is 10.6 Å². The van der Waals surface area contributed by atoms with E-state index in [1.807, 2.05) is 17.6 Å². The quantitative estimate of drug-likeness (QED) is 0.468. The average molecular weight is 274 g/mol. The molecule has 20 heavy (non-hydrogen) atoms. The molecule has 0 atom stereocenters. The van der Waals surface area contributed by atoms with Crippen LogP contribution in [0, 0.1) is 0 Å². The number of nitrogens with one attached hydrogen (secondary N) is 1. The Kier molecular flexibility index (Phi) is 3.81. The first-order valence-corrected chi connectivity index (χ1v) is 5.81. The molecule has 0 aliphatic heterocycles. The molecule has 7 heteroatoms. The second-order valence-corrected chi connectivity index (χ2v) is 4.05. The van der Waals surface area contributed by atoms with Crippen molar-refractivity contribution < 1.29 is 9.53 Å². The molecule has 104 valence electrons. The fourth-order valence-electron chi connectivity index (χ4n) is 1.84. The summed E-state index contributed by atoms with van der Waals surface area (Å²) < 4.78 is 6.33. The molecule has 7 nitrogen and oxygen atoms in total. The molecule has 0 radical (unpaired) electrons. The largest absolute Gasteiger partial charge is 0.496 e. The Morgan fingerprint density at radius 2 is 2.10 bits per heavy atom. The van der Waals surface area contributed by atoms with Gasteiger partial charge in [0.25, 0.3) is 11.5 Å². The van der Waals surface area contributed by atoms with Gasteiger partial charge < -0.3 is 4.74 Å². The third-order valence-electron chi connectivity index (χ3n) is 2.82. The molecule has 2 aromatic rings. The fourth-order valence-corrected chi connectivity index (χ4v) is 1.84. The van der Waals surface area contributed by atoms with Crippen LogP contribution >= 0.6 is 0 Å². The number of methoxy groups -OCH3 is 1. The van der Waals surface area contributed by atoms with Crippen LogP contribution in [-0.4, -0.2) is 22.8 Å². The first-order chi connectivity index (χ1) is 9.58. The van der Waals surface area contributed by atoms with Gasteiger partial charge in [-0.05, 0) is 18.2 Å².